The maximum Gasteiger partial charge on any atom is 0.325 e. The monoisotopic (exact) mass is 527 g/mol. The Morgan fingerprint density at radius 1 is 1.03 bits per heavy atom. The first kappa shape index (κ1) is 25.9. The average molecular weight is 528 g/mol. The molecule has 0 bridgehead atoms. The molecular formula is C24H29N7O5S. The number of hydrogen-bond donors (Lipinski definition) is 3. The van der Waals surface area contributed by atoms with Gasteiger partial charge in [-0.25, -0.2) is 9.78 Å². The van der Waals surface area contributed by atoms with E-state index in [4.69, 9.17) is 14.2 Å². The lowest BCUT2D eigenvalue weighted by Crippen LogP contribution is -2.31. The molecule has 0 atom stereocenters. The Hall–Kier alpha value is -4.13. The Morgan fingerprint density at radius 2 is 1.84 bits per heavy atom. The number of amides is 3. The first-order valence-corrected chi connectivity index (χ1v) is 12.4. The molecule has 37 heavy (non-hydrogen) atoms. The van der Waals surface area contributed by atoms with E-state index < -0.39 is 6.03 Å². The normalized spacial score (nSPS) is 12.5. The summed E-state index contributed by atoms with van der Waals surface area (Å²) in [6, 6.07) is 6.30. The molecule has 0 saturated heterocycles. The molecule has 0 saturated carbocycles. The van der Waals surface area contributed by atoms with Crippen molar-refractivity contribution in [3.8, 4) is 17.6 Å². The van der Waals surface area contributed by atoms with Crippen molar-refractivity contribution in [1.29, 1.82) is 0 Å². The van der Waals surface area contributed by atoms with Gasteiger partial charge in [-0.05, 0) is 32.0 Å². The largest absolute Gasteiger partial charge is 0.497 e. The number of benzene rings is 1. The number of hydrogen-bond acceptors (Lipinski definition) is 10. The van der Waals surface area contributed by atoms with Crippen LogP contribution in [0.3, 0.4) is 0 Å². The van der Waals surface area contributed by atoms with Gasteiger partial charge < -0.3 is 29.7 Å². The molecule has 0 spiro atoms. The lowest BCUT2D eigenvalue weighted by molar-refractivity contribution is 0.0943. The highest BCUT2D eigenvalue weighted by Gasteiger charge is 2.24. The van der Waals surface area contributed by atoms with Gasteiger partial charge in [-0.1, -0.05) is 11.3 Å². The number of carbonyl (C=O) groups is 2. The van der Waals surface area contributed by atoms with Crippen LogP contribution in [0.4, 0.5) is 21.4 Å². The van der Waals surface area contributed by atoms with Gasteiger partial charge in [-0.2, -0.15) is 9.97 Å². The number of anilines is 3. The van der Waals surface area contributed by atoms with Crippen LogP contribution >= 0.6 is 11.3 Å². The average Bonchev–Trinajstić information content (AvgIpc) is 3.29. The van der Waals surface area contributed by atoms with Crippen molar-refractivity contribution in [1.82, 2.24) is 20.3 Å². The summed E-state index contributed by atoms with van der Waals surface area (Å²) in [5.41, 5.74) is 1.58. The molecular weight excluding hydrogens is 498 g/mol. The molecule has 0 radical (unpaired) electrons. The third-order valence-corrected chi connectivity index (χ3v) is 6.47. The van der Waals surface area contributed by atoms with Gasteiger partial charge in [0.15, 0.2) is 5.13 Å². The van der Waals surface area contributed by atoms with Crippen molar-refractivity contribution in [2.75, 3.05) is 43.4 Å². The quantitative estimate of drug-likeness (QED) is 0.402. The highest BCUT2D eigenvalue weighted by Crippen LogP contribution is 2.32. The maximum atomic E-state index is 12.8. The molecule has 0 aliphatic carbocycles. The van der Waals surface area contributed by atoms with E-state index in [0.717, 1.165) is 10.6 Å². The molecule has 1 aliphatic rings. The first-order valence-electron chi connectivity index (χ1n) is 11.6. The van der Waals surface area contributed by atoms with Crippen LogP contribution in [0.5, 0.6) is 17.6 Å². The second-order valence-electron chi connectivity index (χ2n) is 8.43. The van der Waals surface area contributed by atoms with E-state index in [2.05, 4.69) is 35.8 Å². The number of aromatic nitrogens is 3. The van der Waals surface area contributed by atoms with Gasteiger partial charge in [0.2, 0.25) is 5.88 Å². The lowest BCUT2D eigenvalue weighted by Gasteiger charge is -2.27. The van der Waals surface area contributed by atoms with Crippen molar-refractivity contribution in [3.05, 3.63) is 40.4 Å². The van der Waals surface area contributed by atoms with E-state index in [1.54, 1.807) is 24.3 Å². The molecule has 4 rings (SSSR count). The van der Waals surface area contributed by atoms with Crippen molar-refractivity contribution < 1.29 is 23.8 Å². The molecule has 3 amide bonds. The fourth-order valence-electron chi connectivity index (χ4n) is 3.73. The molecule has 13 heteroatoms. The summed E-state index contributed by atoms with van der Waals surface area (Å²) < 4.78 is 15.7. The molecule has 3 heterocycles. The minimum absolute atomic E-state index is 0.0638. The molecule has 196 valence electrons. The minimum Gasteiger partial charge on any atom is -0.497 e. The van der Waals surface area contributed by atoms with E-state index in [9.17, 15) is 9.59 Å². The van der Waals surface area contributed by atoms with Crippen LogP contribution in [0.25, 0.3) is 0 Å². The Labute approximate surface area is 218 Å². The Bertz CT molecular complexity index is 1270. The SMILES string of the molecule is COc1ccc(NC(=O)Nc2nc3c(s2)CN(c2cc(OC)nc(OC)n2)CC3)c(C(=O)NC(C)C)c1. The predicted octanol–water partition coefficient (Wildman–Crippen LogP) is 3.30. The zero-order valence-corrected chi connectivity index (χ0v) is 22.1. The number of carbonyl (C=O) groups excluding carboxylic acids is 2. The molecule has 3 aromatic rings. The van der Waals surface area contributed by atoms with Crippen LogP contribution in [0.2, 0.25) is 0 Å². The van der Waals surface area contributed by atoms with Gasteiger partial charge in [0.1, 0.15) is 11.6 Å². The van der Waals surface area contributed by atoms with Crippen LogP contribution in [0.15, 0.2) is 24.3 Å². The zero-order valence-electron chi connectivity index (χ0n) is 21.2. The summed E-state index contributed by atoms with van der Waals surface area (Å²) in [7, 11) is 4.56. The van der Waals surface area contributed by atoms with Gasteiger partial charge in [0.05, 0.1) is 44.8 Å². The number of nitrogens with one attached hydrogen (secondary N) is 3. The van der Waals surface area contributed by atoms with Gasteiger partial charge in [0, 0.05) is 30.0 Å². The van der Waals surface area contributed by atoms with E-state index in [0.29, 0.717) is 53.3 Å². The highest BCUT2D eigenvalue weighted by atomic mass is 32.1. The van der Waals surface area contributed by atoms with Gasteiger partial charge in [-0.3, -0.25) is 10.1 Å². The highest BCUT2D eigenvalue weighted by molar-refractivity contribution is 7.15. The summed E-state index contributed by atoms with van der Waals surface area (Å²) in [6.07, 6.45) is 0.682. The molecule has 12 nitrogen and oxygen atoms in total. The third kappa shape index (κ3) is 6.17. The molecule has 1 aromatic carbocycles. The minimum atomic E-state index is -0.503. The predicted molar refractivity (Wildman–Crippen MR) is 140 cm³/mol. The number of methoxy groups -OCH3 is 3. The molecule has 2 aromatic heterocycles. The van der Waals surface area contributed by atoms with Crippen molar-refractivity contribution in [3.63, 3.8) is 0 Å². The number of ether oxygens (including phenoxy) is 3. The number of nitrogens with zero attached hydrogens (tertiary/aromatic N) is 4. The fourth-order valence-corrected chi connectivity index (χ4v) is 4.75. The smallest absolute Gasteiger partial charge is 0.325 e. The van der Waals surface area contributed by atoms with E-state index in [1.165, 1.54) is 32.7 Å². The summed E-state index contributed by atoms with van der Waals surface area (Å²) in [5, 5.41) is 8.83. The molecule has 3 N–H and O–H groups in total. The molecule has 1 aliphatic heterocycles. The van der Waals surface area contributed by atoms with Crippen LogP contribution in [0.1, 0.15) is 34.8 Å². The van der Waals surface area contributed by atoms with Crippen LogP contribution < -0.4 is 35.1 Å². The Balaban J connectivity index is 1.46. The second-order valence-corrected chi connectivity index (χ2v) is 9.52. The van der Waals surface area contributed by atoms with Crippen molar-refractivity contribution >= 4 is 39.9 Å². The summed E-state index contributed by atoms with van der Waals surface area (Å²) in [4.78, 5) is 41.7. The second kappa shape index (κ2) is 11.3. The zero-order chi connectivity index (χ0) is 26.5. The Morgan fingerprint density at radius 3 is 2.54 bits per heavy atom. The summed E-state index contributed by atoms with van der Waals surface area (Å²) in [6.45, 7) is 4.98. The standard InChI is InChI=1S/C24H29N7O5S/c1-13(2)25-21(32)15-10-14(34-3)6-7-16(15)26-22(33)30-24-27-17-8-9-31(12-18(17)37-24)19-11-20(35-4)29-23(28-19)36-5/h6-7,10-11,13H,8-9,12H2,1-5H3,(H,25,32)(H2,26,27,30,33). The summed E-state index contributed by atoms with van der Waals surface area (Å²) >= 11 is 1.39. The van der Waals surface area contributed by atoms with Crippen molar-refractivity contribution in [2.24, 2.45) is 0 Å². The first-order chi connectivity index (χ1) is 17.8. The van der Waals surface area contributed by atoms with Crippen LogP contribution in [-0.4, -0.2) is 60.8 Å². The van der Waals surface area contributed by atoms with Crippen molar-refractivity contribution in [2.45, 2.75) is 32.9 Å². The fraction of sp³-hybridized carbons (Fsp3) is 0.375. The van der Waals surface area contributed by atoms with E-state index in [-0.39, 0.29) is 18.0 Å². The van der Waals surface area contributed by atoms with Gasteiger partial charge >= 0.3 is 12.0 Å². The number of rotatable bonds is 8. The topological polar surface area (TPSA) is 140 Å². The molecule has 0 fully saturated rings. The van der Waals surface area contributed by atoms with E-state index >= 15 is 0 Å². The van der Waals surface area contributed by atoms with Gasteiger partial charge in [-0.15, -0.1) is 0 Å². The third-order valence-electron chi connectivity index (χ3n) is 5.48. The number of thiazole rings is 1. The lowest BCUT2D eigenvalue weighted by atomic mass is 10.1. The molecule has 0 unspecified atom stereocenters. The Kier molecular flexibility index (Phi) is 7.92. The maximum absolute atomic E-state index is 12.8. The number of urea groups is 1. The van der Waals surface area contributed by atoms with Crippen LogP contribution in [0, 0.1) is 0 Å². The van der Waals surface area contributed by atoms with E-state index in [1.807, 2.05) is 13.8 Å². The van der Waals surface area contributed by atoms with Crippen LogP contribution in [-0.2, 0) is 13.0 Å². The summed E-state index contributed by atoms with van der Waals surface area (Å²) in [5.74, 6) is 1.29. The number of fused-ring (bicyclic) bond motifs is 1. The van der Waals surface area contributed by atoms with Gasteiger partial charge in [0.25, 0.3) is 5.91 Å².